The standard InChI is InChI=1S/C35H32FNO5S/c1-23(2)31-20-34(37-43(39,40)30-16-15-26-8-4-5-9-28(26)18-30)33(35(38)41-3)19-32(31)27-13-11-24(12-14-27)22-42-29-10-6-7-25(17-29)21-36/h4-20,23,37H,21-22H2,1-3H3. The summed E-state index contributed by atoms with van der Waals surface area (Å²) in [5.74, 6) is -0.0597. The highest BCUT2D eigenvalue weighted by atomic mass is 32.2. The van der Waals surface area contributed by atoms with Crippen molar-refractivity contribution in [3.63, 3.8) is 0 Å². The molecule has 0 amide bonds. The van der Waals surface area contributed by atoms with E-state index < -0.39 is 22.7 Å². The molecule has 0 spiro atoms. The molecule has 220 valence electrons. The molecule has 0 fully saturated rings. The van der Waals surface area contributed by atoms with Crippen LogP contribution in [0.5, 0.6) is 5.75 Å². The minimum absolute atomic E-state index is 0.0106. The normalized spacial score (nSPS) is 11.5. The van der Waals surface area contributed by atoms with E-state index in [0.29, 0.717) is 17.9 Å². The van der Waals surface area contributed by atoms with Crippen LogP contribution in [0.3, 0.4) is 0 Å². The molecule has 1 N–H and O–H groups in total. The molecule has 0 bridgehead atoms. The van der Waals surface area contributed by atoms with Gasteiger partial charge in [0.25, 0.3) is 10.0 Å². The highest BCUT2D eigenvalue weighted by Gasteiger charge is 2.23. The predicted octanol–water partition coefficient (Wildman–Crippen LogP) is 8.27. The molecular formula is C35H32FNO5S. The number of fused-ring (bicyclic) bond motifs is 1. The van der Waals surface area contributed by atoms with Crippen LogP contribution in [0.1, 0.15) is 46.8 Å². The van der Waals surface area contributed by atoms with Gasteiger partial charge in [0, 0.05) is 0 Å². The summed E-state index contributed by atoms with van der Waals surface area (Å²) in [5.41, 5.74) is 4.20. The van der Waals surface area contributed by atoms with Crippen LogP contribution in [0.4, 0.5) is 10.1 Å². The van der Waals surface area contributed by atoms with Gasteiger partial charge in [-0.3, -0.25) is 4.72 Å². The highest BCUT2D eigenvalue weighted by molar-refractivity contribution is 7.92. The third kappa shape index (κ3) is 6.70. The van der Waals surface area contributed by atoms with Gasteiger partial charge in [-0.2, -0.15) is 0 Å². The summed E-state index contributed by atoms with van der Waals surface area (Å²) in [6, 6.07) is 30.4. The van der Waals surface area contributed by atoms with E-state index in [1.807, 2.05) is 62.4 Å². The van der Waals surface area contributed by atoms with E-state index in [9.17, 15) is 17.6 Å². The molecular weight excluding hydrogens is 565 g/mol. The third-order valence-corrected chi connectivity index (χ3v) is 8.58. The molecule has 5 rings (SSSR count). The summed E-state index contributed by atoms with van der Waals surface area (Å²) in [6.45, 7) is 3.76. The van der Waals surface area contributed by atoms with Crippen LogP contribution >= 0.6 is 0 Å². The Kier molecular flexibility index (Phi) is 8.78. The van der Waals surface area contributed by atoms with Crippen molar-refractivity contribution in [1.82, 2.24) is 0 Å². The number of halogens is 1. The fourth-order valence-electron chi connectivity index (χ4n) is 4.91. The van der Waals surface area contributed by atoms with E-state index in [1.165, 1.54) is 7.11 Å². The molecule has 43 heavy (non-hydrogen) atoms. The molecule has 0 atom stereocenters. The van der Waals surface area contributed by atoms with E-state index in [4.69, 9.17) is 9.47 Å². The number of anilines is 1. The largest absolute Gasteiger partial charge is 0.489 e. The molecule has 6 nitrogen and oxygen atoms in total. The number of methoxy groups -OCH3 is 1. The molecule has 5 aromatic carbocycles. The van der Waals surface area contributed by atoms with Gasteiger partial charge < -0.3 is 9.47 Å². The molecule has 5 aromatic rings. The van der Waals surface area contributed by atoms with Gasteiger partial charge in [0.15, 0.2) is 0 Å². The first-order chi connectivity index (χ1) is 20.7. The van der Waals surface area contributed by atoms with Gasteiger partial charge >= 0.3 is 5.97 Å². The second kappa shape index (κ2) is 12.7. The number of carbonyl (C=O) groups is 1. The summed E-state index contributed by atoms with van der Waals surface area (Å²) in [4.78, 5) is 13.0. The van der Waals surface area contributed by atoms with Crippen LogP contribution in [-0.4, -0.2) is 21.5 Å². The van der Waals surface area contributed by atoms with Crippen LogP contribution < -0.4 is 9.46 Å². The molecule has 0 aliphatic rings. The number of ether oxygens (including phenoxy) is 2. The topological polar surface area (TPSA) is 81.7 Å². The Morgan fingerprint density at radius 1 is 0.837 bits per heavy atom. The Bertz CT molecular complexity index is 1890. The fraction of sp³-hybridized carbons (Fsp3) is 0.171. The van der Waals surface area contributed by atoms with Gasteiger partial charge in [0.05, 0.1) is 23.3 Å². The Morgan fingerprint density at radius 3 is 2.28 bits per heavy atom. The number of esters is 1. The average molecular weight is 598 g/mol. The zero-order valence-electron chi connectivity index (χ0n) is 24.1. The Hall–Kier alpha value is -4.69. The average Bonchev–Trinajstić information content (AvgIpc) is 3.03. The second-order valence-corrected chi connectivity index (χ2v) is 12.2. The van der Waals surface area contributed by atoms with E-state index in [-0.39, 0.29) is 22.1 Å². The number of alkyl halides is 1. The fourth-order valence-corrected chi connectivity index (χ4v) is 6.02. The Labute approximate surface area is 251 Å². The summed E-state index contributed by atoms with van der Waals surface area (Å²) >= 11 is 0. The number of benzene rings is 5. The molecule has 8 heteroatoms. The molecule has 0 aromatic heterocycles. The zero-order valence-corrected chi connectivity index (χ0v) is 25.0. The van der Waals surface area contributed by atoms with Gasteiger partial charge in [-0.15, -0.1) is 0 Å². The zero-order chi connectivity index (χ0) is 30.6. The number of nitrogens with one attached hydrogen (secondary N) is 1. The van der Waals surface area contributed by atoms with Crippen molar-refractivity contribution in [1.29, 1.82) is 0 Å². The van der Waals surface area contributed by atoms with Crippen molar-refractivity contribution < 1.29 is 27.1 Å². The summed E-state index contributed by atoms with van der Waals surface area (Å²) in [5, 5.41) is 1.71. The minimum Gasteiger partial charge on any atom is -0.489 e. The van der Waals surface area contributed by atoms with Crippen molar-refractivity contribution in [2.75, 3.05) is 11.8 Å². The lowest BCUT2D eigenvalue weighted by Gasteiger charge is -2.19. The highest BCUT2D eigenvalue weighted by Crippen LogP contribution is 2.36. The Balaban J connectivity index is 1.47. The summed E-state index contributed by atoms with van der Waals surface area (Å²) in [7, 11) is -2.76. The molecule has 0 heterocycles. The quantitative estimate of drug-likeness (QED) is 0.164. The van der Waals surface area contributed by atoms with Gasteiger partial charge in [-0.25, -0.2) is 17.6 Å². The SMILES string of the molecule is COC(=O)c1cc(-c2ccc(COc3cccc(CF)c3)cc2)c(C(C)C)cc1NS(=O)(=O)c1ccc2ccccc2c1. The van der Waals surface area contributed by atoms with E-state index in [1.54, 1.807) is 54.6 Å². The second-order valence-electron chi connectivity index (χ2n) is 10.5. The molecule has 0 aliphatic carbocycles. The monoisotopic (exact) mass is 597 g/mol. The van der Waals surface area contributed by atoms with Gasteiger partial charge in [-0.1, -0.05) is 80.6 Å². The molecule has 0 unspecified atom stereocenters. The van der Waals surface area contributed by atoms with Crippen molar-refractivity contribution in [3.05, 3.63) is 125 Å². The maximum absolute atomic E-state index is 13.5. The van der Waals surface area contributed by atoms with Crippen LogP contribution in [0.2, 0.25) is 0 Å². The maximum Gasteiger partial charge on any atom is 0.340 e. The lowest BCUT2D eigenvalue weighted by Crippen LogP contribution is -2.17. The third-order valence-electron chi connectivity index (χ3n) is 7.22. The smallest absolute Gasteiger partial charge is 0.340 e. The van der Waals surface area contributed by atoms with Crippen LogP contribution in [0, 0.1) is 0 Å². The van der Waals surface area contributed by atoms with E-state index in [0.717, 1.165) is 33.0 Å². The van der Waals surface area contributed by atoms with Crippen molar-refractivity contribution in [3.8, 4) is 16.9 Å². The molecule has 0 saturated carbocycles. The first-order valence-corrected chi connectivity index (χ1v) is 15.3. The maximum atomic E-state index is 13.5. The Morgan fingerprint density at radius 2 is 1.58 bits per heavy atom. The van der Waals surface area contributed by atoms with Crippen LogP contribution in [0.15, 0.2) is 108 Å². The molecule has 0 saturated heterocycles. The van der Waals surface area contributed by atoms with Crippen molar-refractivity contribution in [2.24, 2.45) is 0 Å². The minimum atomic E-state index is -4.02. The summed E-state index contributed by atoms with van der Waals surface area (Å²) < 4.78 is 53.5. The lowest BCUT2D eigenvalue weighted by atomic mass is 9.90. The first-order valence-electron chi connectivity index (χ1n) is 13.8. The number of hydrogen-bond donors (Lipinski definition) is 1. The van der Waals surface area contributed by atoms with Gasteiger partial charge in [-0.05, 0) is 80.9 Å². The number of carbonyl (C=O) groups excluding carboxylic acids is 1. The number of rotatable bonds is 10. The summed E-state index contributed by atoms with van der Waals surface area (Å²) in [6.07, 6.45) is 0. The molecule has 0 aliphatic heterocycles. The van der Waals surface area contributed by atoms with Gasteiger partial charge in [0.2, 0.25) is 0 Å². The first kappa shape index (κ1) is 29.8. The van der Waals surface area contributed by atoms with Gasteiger partial charge in [0.1, 0.15) is 19.0 Å². The lowest BCUT2D eigenvalue weighted by molar-refractivity contribution is 0.0602. The van der Waals surface area contributed by atoms with E-state index >= 15 is 0 Å². The number of sulfonamides is 1. The van der Waals surface area contributed by atoms with Crippen LogP contribution in [-0.2, 0) is 28.0 Å². The van der Waals surface area contributed by atoms with Crippen molar-refractivity contribution >= 4 is 32.5 Å². The molecule has 0 radical (unpaired) electrons. The van der Waals surface area contributed by atoms with Crippen LogP contribution in [0.25, 0.3) is 21.9 Å². The van der Waals surface area contributed by atoms with Crippen molar-refractivity contribution in [2.45, 2.75) is 37.9 Å². The predicted molar refractivity (Wildman–Crippen MR) is 168 cm³/mol. The van der Waals surface area contributed by atoms with E-state index in [2.05, 4.69) is 4.72 Å². The number of hydrogen-bond acceptors (Lipinski definition) is 5.